The maximum Gasteiger partial charge on any atom is 0.417 e. The zero-order valence-electron chi connectivity index (χ0n) is 11.5. The fourth-order valence-corrected chi connectivity index (χ4v) is 2.86. The monoisotopic (exact) mass is 282 g/mol. The Morgan fingerprint density at radius 1 is 1.35 bits per heavy atom. The van der Waals surface area contributed by atoms with E-state index >= 15 is 0 Å². The lowest BCUT2D eigenvalue weighted by atomic mass is 10.0. The molecule has 1 atom stereocenters. The van der Waals surface area contributed by atoms with Crippen LogP contribution in [0.3, 0.4) is 0 Å². The van der Waals surface area contributed by atoms with Crippen LogP contribution in [-0.2, 0) is 6.18 Å². The van der Waals surface area contributed by atoms with E-state index in [1.165, 1.54) is 12.1 Å². The van der Waals surface area contributed by atoms with Crippen molar-refractivity contribution in [1.82, 2.24) is 0 Å². The van der Waals surface area contributed by atoms with Crippen LogP contribution >= 0.6 is 0 Å². The number of alkyl halides is 3. The summed E-state index contributed by atoms with van der Waals surface area (Å²) < 4.78 is 38.4. The summed E-state index contributed by atoms with van der Waals surface area (Å²) in [5.41, 5.74) is -0.445. The Bertz CT molecular complexity index is 529. The summed E-state index contributed by atoms with van der Waals surface area (Å²) in [7, 11) is 0. The van der Waals surface area contributed by atoms with Crippen LogP contribution in [-0.4, -0.2) is 12.6 Å². The van der Waals surface area contributed by atoms with Crippen molar-refractivity contribution in [3.05, 3.63) is 29.3 Å². The lowest BCUT2D eigenvalue weighted by molar-refractivity contribution is -0.137. The van der Waals surface area contributed by atoms with Gasteiger partial charge in [-0.05, 0) is 37.0 Å². The molecule has 0 radical (unpaired) electrons. The fourth-order valence-electron chi connectivity index (χ4n) is 2.86. The van der Waals surface area contributed by atoms with Crippen LogP contribution in [0.15, 0.2) is 18.2 Å². The SMILES string of the molecule is CC(C)C1CCCN1c1ccc(C(F)(F)F)c(C#N)c1. The van der Waals surface area contributed by atoms with Gasteiger partial charge in [-0.15, -0.1) is 0 Å². The van der Waals surface area contributed by atoms with Gasteiger partial charge in [0.1, 0.15) is 0 Å². The molecular formula is C15H17F3N2. The summed E-state index contributed by atoms with van der Waals surface area (Å²) in [6.45, 7) is 5.05. The van der Waals surface area contributed by atoms with E-state index in [1.54, 1.807) is 6.07 Å². The highest BCUT2D eigenvalue weighted by Gasteiger charge is 2.34. The number of benzene rings is 1. The third-order valence-electron chi connectivity index (χ3n) is 3.83. The van der Waals surface area contributed by atoms with Gasteiger partial charge < -0.3 is 4.90 Å². The van der Waals surface area contributed by atoms with Crippen LogP contribution in [0.4, 0.5) is 18.9 Å². The first kappa shape index (κ1) is 14.7. The number of nitrogens with zero attached hydrogens (tertiary/aromatic N) is 2. The molecule has 1 heterocycles. The molecule has 2 rings (SSSR count). The quantitative estimate of drug-likeness (QED) is 0.812. The molecule has 1 aromatic rings. The highest BCUT2D eigenvalue weighted by atomic mass is 19.4. The van der Waals surface area contributed by atoms with Crippen molar-refractivity contribution >= 4 is 5.69 Å². The predicted molar refractivity (Wildman–Crippen MR) is 71.4 cm³/mol. The van der Waals surface area contributed by atoms with Gasteiger partial charge in [0.25, 0.3) is 0 Å². The normalized spacial score (nSPS) is 19.4. The molecule has 1 aliphatic rings. The van der Waals surface area contributed by atoms with Gasteiger partial charge in [-0.1, -0.05) is 13.8 Å². The molecule has 0 spiro atoms. The molecule has 0 aromatic heterocycles. The van der Waals surface area contributed by atoms with Crippen molar-refractivity contribution in [2.75, 3.05) is 11.4 Å². The smallest absolute Gasteiger partial charge is 0.368 e. The molecule has 0 amide bonds. The van der Waals surface area contributed by atoms with Crippen molar-refractivity contribution in [3.8, 4) is 6.07 Å². The number of anilines is 1. The van der Waals surface area contributed by atoms with Crippen LogP contribution in [0.2, 0.25) is 0 Å². The van der Waals surface area contributed by atoms with E-state index in [0.717, 1.165) is 25.5 Å². The lowest BCUT2D eigenvalue weighted by Crippen LogP contribution is -2.33. The molecule has 1 saturated heterocycles. The van der Waals surface area contributed by atoms with E-state index in [9.17, 15) is 13.2 Å². The molecule has 1 aliphatic heterocycles. The minimum Gasteiger partial charge on any atom is -0.368 e. The Kier molecular flexibility index (Phi) is 3.94. The van der Waals surface area contributed by atoms with Crippen molar-refractivity contribution in [2.45, 2.75) is 38.9 Å². The van der Waals surface area contributed by atoms with Crippen molar-refractivity contribution in [2.24, 2.45) is 5.92 Å². The summed E-state index contributed by atoms with van der Waals surface area (Å²) >= 11 is 0. The minimum absolute atomic E-state index is 0.301. The molecule has 5 heteroatoms. The number of hydrogen-bond acceptors (Lipinski definition) is 2. The van der Waals surface area contributed by atoms with E-state index in [2.05, 4.69) is 18.7 Å². The Morgan fingerprint density at radius 3 is 2.60 bits per heavy atom. The van der Waals surface area contributed by atoms with Crippen LogP contribution in [0, 0.1) is 17.2 Å². The predicted octanol–water partition coefficient (Wildman–Crippen LogP) is 4.20. The molecule has 1 aromatic carbocycles. The second-order valence-corrected chi connectivity index (χ2v) is 5.49. The highest BCUT2D eigenvalue weighted by Crippen LogP contribution is 2.36. The van der Waals surface area contributed by atoms with Gasteiger partial charge in [0.15, 0.2) is 0 Å². The lowest BCUT2D eigenvalue weighted by Gasteiger charge is -2.30. The molecule has 108 valence electrons. The number of halogens is 3. The van der Waals surface area contributed by atoms with Crippen molar-refractivity contribution < 1.29 is 13.2 Å². The molecule has 20 heavy (non-hydrogen) atoms. The fraction of sp³-hybridized carbons (Fsp3) is 0.533. The maximum absolute atomic E-state index is 12.8. The third-order valence-corrected chi connectivity index (χ3v) is 3.83. The van der Waals surface area contributed by atoms with Gasteiger partial charge in [-0.3, -0.25) is 0 Å². The van der Waals surface area contributed by atoms with Gasteiger partial charge in [-0.25, -0.2) is 0 Å². The summed E-state index contributed by atoms with van der Waals surface area (Å²) in [6, 6.07) is 5.85. The number of nitriles is 1. The van der Waals surface area contributed by atoms with Crippen LogP contribution in [0.5, 0.6) is 0 Å². The molecule has 1 unspecified atom stereocenters. The van der Waals surface area contributed by atoms with E-state index in [0.29, 0.717) is 17.6 Å². The maximum atomic E-state index is 12.8. The topological polar surface area (TPSA) is 27.0 Å². The standard InChI is InChI=1S/C15H17F3N2/c1-10(2)14-4-3-7-20(14)12-5-6-13(15(16,17)18)11(8-12)9-19/h5-6,8,10,14H,3-4,7H2,1-2H3. The average Bonchev–Trinajstić information content (AvgIpc) is 2.86. The van der Waals surface area contributed by atoms with E-state index in [4.69, 9.17) is 5.26 Å². The van der Waals surface area contributed by atoms with E-state index in [1.807, 2.05) is 0 Å². The molecular weight excluding hydrogens is 265 g/mol. The van der Waals surface area contributed by atoms with Crippen LogP contribution in [0.25, 0.3) is 0 Å². The van der Waals surface area contributed by atoms with E-state index in [-0.39, 0.29) is 5.56 Å². The largest absolute Gasteiger partial charge is 0.417 e. The zero-order valence-corrected chi connectivity index (χ0v) is 11.5. The Labute approximate surface area is 116 Å². The summed E-state index contributed by atoms with van der Waals surface area (Å²) in [4.78, 5) is 2.12. The van der Waals surface area contributed by atoms with Crippen molar-refractivity contribution in [3.63, 3.8) is 0 Å². The molecule has 2 nitrogen and oxygen atoms in total. The van der Waals surface area contributed by atoms with Gasteiger partial charge in [-0.2, -0.15) is 18.4 Å². The Hall–Kier alpha value is -1.70. The number of rotatable bonds is 2. The minimum atomic E-state index is -4.48. The summed E-state index contributed by atoms with van der Waals surface area (Å²) in [5, 5.41) is 8.96. The molecule has 0 N–H and O–H groups in total. The second-order valence-electron chi connectivity index (χ2n) is 5.49. The van der Waals surface area contributed by atoms with Gasteiger partial charge in [0, 0.05) is 18.3 Å². The summed E-state index contributed by atoms with van der Waals surface area (Å²) in [6.07, 6.45) is -2.40. The van der Waals surface area contributed by atoms with E-state index < -0.39 is 11.7 Å². The first-order valence-corrected chi connectivity index (χ1v) is 6.72. The Morgan fingerprint density at radius 2 is 2.05 bits per heavy atom. The Balaban J connectivity index is 2.38. The van der Waals surface area contributed by atoms with Gasteiger partial charge >= 0.3 is 6.18 Å². The highest BCUT2D eigenvalue weighted by molar-refractivity contribution is 5.56. The molecule has 1 fully saturated rings. The average molecular weight is 282 g/mol. The summed E-state index contributed by atoms with van der Waals surface area (Å²) in [5.74, 6) is 0.435. The van der Waals surface area contributed by atoms with Gasteiger partial charge in [0.2, 0.25) is 0 Å². The molecule has 0 bridgehead atoms. The molecule has 0 saturated carbocycles. The second kappa shape index (κ2) is 5.35. The molecule has 0 aliphatic carbocycles. The van der Waals surface area contributed by atoms with Gasteiger partial charge in [0.05, 0.1) is 17.2 Å². The first-order chi connectivity index (χ1) is 9.34. The first-order valence-electron chi connectivity index (χ1n) is 6.72. The number of hydrogen-bond donors (Lipinski definition) is 0. The van der Waals surface area contributed by atoms with Crippen LogP contribution in [0.1, 0.15) is 37.8 Å². The zero-order chi connectivity index (χ0) is 14.9. The van der Waals surface area contributed by atoms with Crippen LogP contribution < -0.4 is 4.90 Å². The van der Waals surface area contributed by atoms with Crippen molar-refractivity contribution in [1.29, 1.82) is 5.26 Å². The third kappa shape index (κ3) is 2.74.